The minimum Gasteiger partial charge on any atom is -0.316 e. The molecule has 116 valence electrons. The Hall–Kier alpha value is -0.690. The topological polar surface area (TPSA) is 58.4 Å². The van der Waals surface area contributed by atoms with Crippen molar-refractivity contribution in [2.45, 2.75) is 13.0 Å². The first-order valence-corrected chi connectivity index (χ1v) is 7.78. The number of benzene rings is 1. The van der Waals surface area contributed by atoms with Crippen molar-refractivity contribution in [1.29, 1.82) is 0 Å². The molecule has 2 fully saturated rings. The number of nitrogens with one attached hydrogen (secondary N) is 1. The van der Waals surface area contributed by atoms with Gasteiger partial charge in [-0.05, 0) is 65.5 Å². The first-order valence-electron chi connectivity index (χ1n) is 6.99. The van der Waals surface area contributed by atoms with Crippen LogP contribution in [0.4, 0.5) is 5.69 Å². The fourth-order valence-electron chi connectivity index (χ4n) is 3.31. The average Bonchev–Trinajstić information content (AvgIpc) is 2.88. The first kappa shape index (κ1) is 16.7. The standard InChI is InChI=1S/C14H18BrN3O2.ClH/c15-13-2-1-10(5-14(13)18(19)20)8-17-4-3-11-6-16-7-12(11)9-17;/h1-2,5,11-12,16H,3-4,6-9H2;1H. The van der Waals surface area contributed by atoms with Gasteiger partial charge >= 0.3 is 0 Å². The van der Waals surface area contributed by atoms with Gasteiger partial charge in [-0.3, -0.25) is 15.0 Å². The molecule has 2 saturated heterocycles. The lowest BCUT2D eigenvalue weighted by molar-refractivity contribution is -0.385. The summed E-state index contributed by atoms with van der Waals surface area (Å²) < 4.78 is 0.546. The van der Waals surface area contributed by atoms with Gasteiger partial charge in [-0.15, -0.1) is 12.4 Å². The van der Waals surface area contributed by atoms with Crippen LogP contribution in [0.15, 0.2) is 22.7 Å². The third-order valence-electron chi connectivity index (χ3n) is 4.40. The average molecular weight is 377 g/mol. The molecule has 1 aromatic carbocycles. The van der Waals surface area contributed by atoms with E-state index < -0.39 is 0 Å². The molecule has 0 saturated carbocycles. The van der Waals surface area contributed by atoms with E-state index in [-0.39, 0.29) is 23.0 Å². The Labute approximate surface area is 138 Å². The molecular formula is C14H19BrClN3O2. The number of nitro benzene ring substituents is 1. The summed E-state index contributed by atoms with van der Waals surface area (Å²) in [4.78, 5) is 13.1. The van der Waals surface area contributed by atoms with Crippen molar-refractivity contribution in [3.05, 3.63) is 38.3 Å². The van der Waals surface area contributed by atoms with Crippen molar-refractivity contribution >= 4 is 34.0 Å². The van der Waals surface area contributed by atoms with E-state index in [9.17, 15) is 10.1 Å². The summed E-state index contributed by atoms with van der Waals surface area (Å²) >= 11 is 3.23. The van der Waals surface area contributed by atoms with E-state index in [1.807, 2.05) is 6.07 Å². The number of hydrogen-bond donors (Lipinski definition) is 1. The molecule has 0 amide bonds. The van der Waals surface area contributed by atoms with E-state index in [2.05, 4.69) is 26.1 Å². The number of piperidine rings is 1. The third kappa shape index (κ3) is 3.74. The Bertz CT molecular complexity index is 529. The summed E-state index contributed by atoms with van der Waals surface area (Å²) in [5.74, 6) is 1.57. The second-order valence-electron chi connectivity index (χ2n) is 5.75. The molecule has 0 radical (unpaired) electrons. The molecule has 2 aliphatic heterocycles. The molecule has 21 heavy (non-hydrogen) atoms. The third-order valence-corrected chi connectivity index (χ3v) is 5.07. The lowest BCUT2D eigenvalue weighted by Crippen LogP contribution is -2.39. The van der Waals surface area contributed by atoms with E-state index >= 15 is 0 Å². The Balaban J connectivity index is 0.00000161. The highest BCUT2D eigenvalue weighted by atomic mass is 79.9. The summed E-state index contributed by atoms with van der Waals surface area (Å²) in [5.41, 5.74) is 1.17. The molecule has 1 aromatic rings. The zero-order valence-corrected chi connectivity index (χ0v) is 14.0. The van der Waals surface area contributed by atoms with E-state index in [4.69, 9.17) is 0 Å². The molecule has 2 aliphatic rings. The Morgan fingerprint density at radius 1 is 1.38 bits per heavy atom. The van der Waals surface area contributed by atoms with Crippen molar-refractivity contribution in [3.63, 3.8) is 0 Å². The van der Waals surface area contributed by atoms with Crippen molar-refractivity contribution in [3.8, 4) is 0 Å². The summed E-state index contributed by atoms with van der Waals surface area (Å²) in [5, 5.41) is 14.4. The van der Waals surface area contributed by atoms with Gasteiger partial charge in [-0.2, -0.15) is 0 Å². The Morgan fingerprint density at radius 2 is 2.14 bits per heavy atom. The van der Waals surface area contributed by atoms with Crippen LogP contribution in [0.5, 0.6) is 0 Å². The first-order chi connectivity index (χ1) is 9.63. The number of halogens is 2. The van der Waals surface area contributed by atoms with Crippen LogP contribution >= 0.6 is 28.3 Å². The maximum absolute atomic E-state index is 11.0. The van der Waals surface area contributed by atoms with Gasteiger partial charge in [0.05, 0.1) is 9.40 Å². The van der Waals surface area contributed by atoms with Crippen molar-refractivity contribution in [2.24, 2.45) is 11.8 Å². The molecule has 3 rings (SSSR count). The Kier molecular flexibility index (Phi) is 5.60. The van der Waals surface area contributed by atoms with E-state index in [1.54, 1.807) is 12.1 Å². The molecular weight excluding hydrogens is 358 g/mol. The maximum atomic E-state index is 11.0. The molecule has 0 bridgehead atoms. The molecule has 0 spiro atoms. The molecule has 2 heterocycles. The Morgan fingerprint density at radius 3 is 2.90 bits per heavy atom. The summed E-state index contributed by atoms with van der Waals surface area (Å²) in [7, 11) is 0. The zero-order chi connectivity index (χ0) is 14.1. The van der Waals surface area contributed by atoms with Gasteiger partial charge in [0, 0.05) is 19.2 Å². The molecule has 7 heteroatoms. The number of nitrogens with zero attached hydrogens (tertiary/aromatic N) is 2. The highest BCUT2D eigenvalue weighted by molar-refractivity contribution is 9.10. The molecule has 2 atom stereocenters. The minimum absolute atomic E-state index is 0. The van der Waals surface area contributed by atoms with Gasteiger partial charge in [0.25, 0.3) is 5.69 Å². The van der Waals surface area contributed by atoms with Crippen LogP contribution in [-0.4, -0.2) is 36.0 Å². The van der Waals surface area contributed by atoms with E-state index in [0.717, 1.165) is 50.1 Å². The van der Waals surface area contributed by atoms with Gasteiger partial charge in [0.2, 0.25) is 0 Å². The lowest BCUT2D eigenvalue weighted by atomic mass is 9.88. The largest absolute Gasteiger partial charge is 0.316 e. The number of likely N-dealkylation sites (tertiary alicyclic amines) is 1. The summed E-state index contributed by atoms with van der Waals surface area (Å²) in [6, 6.07) is 5.43. The smallest absolute Gasteiger partial charge is 0.283 e. The van der Waals surface area contributed by atoms with Crippen LogP contribution < -0.4 is 5.32 Å². The predicted molar refractivity (Wildman–Crippen MR) is 87.8 cm³/mol. The number of rotatable bonds is 3. The van der Waals surface area contributed by atoms with Crippen LogP contribution in [0.25, 0.3) is 0 Å². The summed E-state index contributed by atoms with van der Waals surface area (Å²) in [6.07, 6.45) is 1.23. The van der Waals surface area contributed by atoms with Gasteiger partial charge < -0.3 is 5.32 Å². The van der Waals surface area contributed by atoms with Gasteiger partial charge in [-0.1, -0.05) is 6.07 Å². The van der Waals surface area contributed by atoms with Crippen molar-refractivity contribution < 1.29 is 4.92 Å². The van der Waals surface area contributed by atoms with Gasteiger partial charge in [0.15, 0.2) is 0 Å². The predicted octanol–water partition coefficient (Wildman–Crippen LogP) is 2.82. The van der Waals surface area contributed by atoms with Crippen molar-refractivity contribution in [1.82, 2.24) is 10.2 Å². The van der Waals surface area contributed by atoms with Crippen LogP contribution in [0.1, 0.15) is 12.0 Å². The second-order valence-corrected chi connectivity index (χ2v) is 6.60. The second kappa shape index (κ2) is 7.05. The molecule has 5 nitrogen and oxygen atoms in total. The quantitative estimate of drug-likeness (QED) is 0.651. The fourth-order valence-corrected chi connectivity index (χ4v) is 3.70. The van der Waals surface area contributed by atoms with Crippen molar-refractivity contribution in [2.75, 3.05) is 26.2 Å². The van der Waals surface area contributed by atoms with Gasteiger partial charge in [-0.25, -0.2) is 0 Å². The SMILES string of the molecule is Cl.O=[N+]([O-])c1cc(CN2CCC3CNCC3C2)ccc1Br. The molecule has 1 N–H and O–H groups in total. The number of nitro groups is 1. The van der Waals surface area contributed by atoms with Crippen LogP contribution in [0.3, 0.4) is 0 Å². The van der Waals surface area contributed by atoms with E-state index in [0.29, 0.717) is 4.47 Å². The molecule has 2 unspecified atom stereocenters. The monoisotopic (exact) mass is 375 g/mol. The zero-order valence-electron chi connectivity index (χ0n) is 11.6. The number of hydrogen-bond acceptors (Lipinski definition) is 4. The summed E-state index contributed by atoms with van der Waals surface area (Å²) in [6.45, 7) is 5.26. The maximum Gasteiger partial charge on any atom is 0.283 e. The minimum atomic E-state index is -0.333. The molecule has 0 aliphatic carbocycles. The van der Waals surface area contributed by atoms with Crippen LogP contribution in [0, 0.1) is 22.0 Å². The molecule has 0 aromatic heterocycles. The van der Waals surface area contributed by atoms with Crippen LogP contribution in [-0.2, 0) is 6.54 Å². The highest BCUT2D eigenvalue weighted by Gasteiger charge is 2.32. The lowest BCUT2D eigenvalue weighted by Gasteiger charge is -2.34. The van der Waals surface area contributed by atoms with E-state index in [1.165, 1.54) is 6.42 Å². The normalized spacial score (nSPS) is 25.2. The van der Waals surface area contributed by atoms with Crippen LogP contribution in [0.2, 0.25) is 0 Å². The highest BCUT2D eigenvalue weighted by Crippen LogP contribution is 2.29. The fraction of sp³-hybridized carbons (Fsp3) is 0.571. The van der Waals surface area contributed by atoms with Gasteiger partial charge in [0.1, 0.15) is 0 Å². The number of fused-ring (bicyclic) bond motifs is 1.